The maximum absolute atomic E-state index is 7.45. The number of hydrogen-bond donors (Lipinski definition) is 0. The summed E-state index contributed by atoms with van der Waals surface area (Å²) in [6, 6.07) is 12.9. The molecule has 35 heavy (non-hydrogen) atoms. The van der Waals surface area contributed by atoms with Crippen LogP contribution >= 0.6 is 0 Å². The number of hydrogen-bond acceptors (Lipinski definition) is 4. The van der Waals surface area contributed by atoms with Gasteiger partial charge in [-0.3, -0.25) is 0 Å². The van der Waals surface area contributed by atoms with Crippen molar-refractivity contribution < 1.29 is 16.5 Å². The van der Waals surface area contributed by atoms with Gasteiger partial charge in [0.05, 0.1) is 0 Å². The van der Waals surface area contributed by atoms with Gasteiger partial charge in [0.1, 0.15) is 0 Å². The van der Waals surface area contributed by atoms with Gasteiger partial charge >= 0.3 is 25.7 Å². The zero-order valence-corrected chi connectivity index (χ0v) is 30.6. The molecule has 210 valence electrons. The van der Waals surface area contributed by atoms with Crippen LogP contribution in [0.4, 0.5) is 0 Å². The molecule has 4 nitrogen and oxygen atoms in total. The third kappa shape index (κ3) is 9.42. The van der Waals surface area contributed by atoms with Crippen LogP contribution in [-0.4, -0.2) is 42.3 Å². The van der Waals surface area contributed by atoms with Crippen molar-refractivity contribution in [1.29, 1.82) is 0 Å². The molecule has 0 aliphatic heterocycles. The molecule has 0 amide bonds. The summed E-state index contributed by atoms with van der Waals surface area (Å²) in [6.45, 7) is 29.4. The molecule has 9 heteroatoms. The van der Waals surface area contributed by atoms with Crippen molar-refractivity contribution in [2.24, 2.45) is 0 Å². The molecule has 0 saturated carbocycles. The van der Waals surface area contributed by atoms with Crippen LogP contribution in [0.1, 0.15) is 82.6 Å². The minimum atomic E-state index is -2.49. The molecule has 0 radical (unpaired) electrons. The predicted molar refractivity (Wildman–Crippen MR) is 168 cm³/mol. The molecule has 0 spiro atoms. The van der Waals surface area contributed by atoms with Crippen LogP contribution in [0.5, 0.6) is 0 Å². The molecular weight excluding hydrogens is 517 g/mol. The highest BCUT2D eigenvalue weighted by Gasteiger charge is 2.54. The van der Waals surface area contributed by atoms with Crippen LogP contribution in [0.25, 0.3) is 0 Å². The zero-order valence-electron chi connectivity index (χ0n) is 25.6. The van der Waals surface area contributed by atoms with Crippen molar-refractivity contribution in [3.8, 4) is 0 Å². The molecular formula is C26H62O4Si5. The Bertz CT molecular complexity index is 562. The SMILES string of the molecule is C=CCC[Si](CC)(CC)O[Si](CC)(CC)O[Si](CC)(CC)O[Si](CC)(CC)O[Si](CC)(CC)CC. The van der Waals surface area contributed by atoms with Crippen LogP contribution in [0.15, 0.2) is 12.7 Å². The van der Waals surface area contributed by atoms with Gasteiger partial charge in [-0.25, -0.2) is 0 Å². The lowest BCUT2D eigenvalue weighted by molar-refractivity contribution is 0.271. The van der Waals surface area contributed by atoms with Crippen molar-refractivity contribution >= 4 is 42.3 Å². The van der Waals surface area contributed by atoms with E-state index in [1.165, 1.54) is 18.1 Å². The lowest BCUT2D eigenvalue weighted by Gasteiger charge is -2.49. The fraction of sp³-hybridized carbons (Fsp3) is 0.923. The fourth-order valence-electron chi connectivity index (χ4n) is 5.28. The fourth-order valence-corrected chi connectivity index (χ4v) is 33.8. The monoisotopic (exact) mass is 578 g/mol. The highest BCUT2D eigenvalue weighted by Crippen LogP contribution is 2.39. The van der Waals surface area contributed by atoms with Crippen molar-refractivity contribution in [2.45, 2.75) is 155 Å². The van der Waals surface area contributed by atoms with Gasteiger partial charge in [0.15, 0.2) is 16.6 Å². The first-order valence-corrected chi connectivity index (χ1v) is 26.7. The Morgan fingerprint density at radius 1 is 0.429 bits per heavy atom. The van der Waals surface area contributed by atoms with Crippen LogP contribution < -0.4 is 0 Å². The van der Waals surface area contributed by atoms with E-state index >= 15 is 0 Å². The summed E-state index contributed by atoms with van der Waals surface area (Å²) < 4.78 is 29.5. The van der Waals surface area contributed by atoms with Crippen molar-refractivity contribution in [2.75, 3.05) is 0 Å². The second-order valence-electron chi connectivity index (χ2n) is 10.2. The lowest BCUT2D eigenvalue weighted by Crippen LogP contribution is -2.64. The van der Waals surface area contributed by atoms with Gasteiger partial charge in [0.25, 0.3) is 0 Å². The Kier molecular flexibility index (Phi) is 16.9. The van der Waals surface area contributed by atoms with Gasteiger partial charge in [-0.15, -0.1) is 6.58 Å². The van der Waals surface area contributed by atoms with E-state index in [2.05, 4.69) is 88.8 Å². The summed E-state index contributed by atoms with van der Waals surface area (Å²) in [5.41, 5.74) is 0. The summed E-state index contributed by atoms with van der Waals surface area (Å²) in [6.07, 6.45) is 3.10. The van der Waals surface area contributed by atoms with Gasteiger partial charge < -0.3 is 16.5 Å². The Labute approximate surface area is 226 Å². The van der Waals surface area contributed by atoms with E-state index in [0.29, 0.717) is 0 Å². The van der Waals surface area contributed by atoms with Gasteiger partial charge in [0.2, 0.25) is 0 Å². The predicted octanol–water partition coefficient (Wildman–Crippen LogP) is 10.1. The summed E-state index contributed by atoms with van der Waals surface area (Å²) in [5, 5.41) is 0. The van der Waals surface area contributed by atoms with E-state index in [9.17, 15) is 0 Å². The van der Waals surface area contributed by atoms with E-state index in [1.807, 2.05) is 0 Å². The van der Waals surface area contributed by atoms with Crippen LogP contribution in [0.3, 0.4) is 0 Å². The molecule has 0 bridgehead atoms. The molecule has 0 saturated heterocycles. The van der Waals surface area contributed by atoms with E-state index in [4.69, 9.17) is 16.5 Å². The van der Waals surface area contributed by atoms with Crippen molar-refractivity contribution in [3.63, 3.8) is 0 Å². The topological polar surface area (TPSA) is 36.9 Å². The van der Waals surface area contributed by atoms with Gasteiger partial charge in [-0.2, -0.15) is 0 Å². The smallest absolute Gasteiger partial charge is 0.320 e. The second kappa shape index (κ2) is 16.6. The molecule has 0 fully saturated rings. The first kappa shape index (κ1) is 35.7. The first-order chi connectivity index (χ1) is 16.6. The third-order valence-corrected chi connectivity index (χ3v) is 35.3. The molecule has 0 heterocycles. The molecule has 0 atom stereocenters. The highest BCUT2D eigenvalue weighted by molar-refractivity contribution is 6.92. The quantitative estimate of drug-likeness (QED) is 0.0945. The summed E-state index contributed by atoms with van der Waals surface area (Å²) in [4.78, 5) is 0. The molecule has 0 aromatic rings. The Morgan fingerprint density at radius 3 is 0.971 bits per heavy atom. The highest BCUT2D eigenvalue weighted by atomic mass is 28.5. The third-order valence-electron chi connectivity index (χ3n) is 8.81. The largest absolute Gasteiger partial charge is 0.436 e. The first-order valence-electron chi connectivity index (χ1n) is 15.0. The van der Waals surface area contributed by atoms with Gasteiger partial charge in [-0.05, 0) is 78.9 Å². The summed E-state index contributed by atoms with van der Waals surface area (Å²) >= 11 is 0. The minimum absolute atomic E-state index is 0.970. The molecule has 0 rings (SSSR count). The van der Waals surface area contributed by atoms with E-state index in [0.717, 1.165) is 60.8 Å². The number of allylic oxidation sites excluding steroid dienone is 1. The Balaban J connectivity index is 6.38. The maximum Gasteiger partial charge on any atom is 0.320 e. The summed E-state index contributed by atoms with van der Waals surface area (Å²) in [7, 11) is -10.9. The van der Waals surface area contributed by atoms with Crippen LogP contribution in [0.2, 0.25) is 72.5 Å². The zero-order chi connectivity index (χ0) is 27.2. The lowest BCUT2D eigenvalue weighted by atomic mass is 10.5. The second-order valence-corrected chi connectivity index (χ2v) is 32.0. The van der Waals surface area contributed by atoms with Gasteiger partial charge in [0, 0.05) is 0 Å². The van der Waals surface area contributed by atoms with Crippen molar-refractivity contribution in [1.82, 2.24) is 0 Å². The molecule has 0 N–H and O–H groups in total. The molecule has 0 aromatic carbocycles. The molecule has 0 aliphatic rings. The van der Waals surface area contributed by atoms with E-state index in [1.54, 1.807) is 0 Å². The average Bonchev–Trinajstić information content (AvgIpc) is 2.92. The van der Waals surface area contributed by atoms with Crippen molar-refractivity contribution in [3.05, 3.63) is 12.7 Å². The Hall–Kier alpha value is 0.664. The average molecular weight is 579 g/mol. The minimum Gasteiger partial charge on any atom is -0.436 e. The standard InChI is InChI=1S/C26H62O4Si5/c1-13-25-26-32(17-5,18-6)28-34(21-9,22-10)30-35(23-11,24-12)29-33(19-7,20-8)27-31(14-2,15-3)16-4/h13H,1,14-26H2,2-12H3. The van der Waals surface area contributed by atoms with Crippen LogP contribution in [-0.2, 0) is 16.5 Å². The van der Waals surface area contributed by atoms with Gasteiger partial charge in [-0.1, -0.05) is 82.2 Å². The van der Waals surface area contributed by atoms with E-state index < -0.39 is 42.3 Å². The summed E-state index contributed by atoms with van der Waals surface area (Å²) in [5.74, 6) is 0. The van der Waals surface area contributed by atoms with Crippen LogP contribution in [0, 0.1) is 0 Å². The normalized spacial score (nSPS) is 13.9. The molecule has 0 aliphatic carbocycles. The van der Waals surface area contributed by atoms with E-state index in [-0.39, 0.29) is 0 Å². The number of rotatable bonds is 22. The molecule has 0 unspecified atom stereocenters. The maximum atomic E-state index is 7.45. The Morgan fingerprint density at radius 2 is 0.714 bits per heavy atom. The molecule has 0 aromatic heterocycles.